The predicted molar refractivity (Wildman–Crippen MR) is 76.6 cm³/mol. The molecule has 1 aliphatic rings. The number of benzene rings is 1. The molecule has 19 heavy (non-hydrogen) atoms. The molecule has 1 fully saturated rings. The van der Waals surface area contributed by atoms with E-state index >= 15 is 0 Å². The van der Waals surface area contributed by atoms with Gasteiger partial charge in [0.25, 0.3) is 0 Å². The van der Waals surface area contributed by atoms with Crippen molar-refractivity contribution in [3.05, 3.63) is 23.8 Å². The molecule has 0 radical (unpaired) electrons. The molecular weight excluding hydrogens is 238 g/mol. The van der Waals surface area contributed by atoms with Gasteiger partial charge in [-0.3, -0.25) is 0 Å². The summed E-state index contributed by atoms with van der Waals surface area (Å²) in [6, 6.07) is 8.43. The van der Waals surface area contributed by atoms with E-state index in [1.54, 1.807) is 7.11 Å². The van der Waals surface area contributed by atoms with Crippen LogP contribution in [0.3, 0.4) is 0 Å². The fourth-order valence-corrected chi connectivity index (χ4v) is 2.81. The predicted octanol–water partition coefficient (Wildman–Crippen LogP) is 1.95. The first-order chi connectivity index (χ1) is 9.06. The molecule has 1 aliphatic heterocycles. The van der Waals surface area contributed by atoms with Crippen molar-refractivity contribution in [3.63, 3.8) is 0 Å². The Kier molecular flexibility index (Phi) is 3.96. The fourth-order valence-electron chi connectivity index (χ4n) is 2.81. The summed E-state index contributed by atoms with van der Waals surface area (Å²) in [5, 5.41) is 9.26. The SMILES string of the molecule is COc1ccc(C#N)c(N2CC(C)C(N(C)C)C2)c1. The Bertz CT molecular complexity index is 493. The Balaban J connectivity index is 2.30. The highest BCUT2D eigenvalue weighted by Gasteiger charge is 2.32. The molecule has 4 nitrogen and oxygen atoms in total. The molecule has 0 bridgehead atoms. The normalized spacial score (nSPS) is 22.6. The number of nitrogens with zero attached hydrogens (tertiary/aromatic N) is 3. The summed E-state index contributed by atoms with van der Waals surface area (Å²) < 4.78 is 5.27. The van der Waals surface area contributed by atoms with Gasteiger partial charge in [0.1, 0.15) is 11.8 Å². The topological polar surface area (TPSA) is 39.5 Å². The van der Waals surface area contributed by atoms with Crippen LogP contribution in [0.1, 0.15) is 12.5 Å². The van der Waals surface area contributed by atoms with Crippen LogP contribution in [0.5, 0.6) is 5.75 Å². The lowest BCUT2D eigenvalue weighted by atomic mass is 10.1. The third-order valence-corrected chi connectivity index (χ3v) is 3.90. The van der Waals surface area contributed by atoms with Gasteiger partial charge in [0, 0.05) is 25.2 Å². The second-order valence-electron chi connectivity index (χ2n) is 5.41. The summed E-state index contributed by atoms with van der Waals surface area (Å²) in [6.45, 7) is 4.19. The van der Waals surface area contributed by atoms with Gasteiger partial charge in [0.2, 0.25) is 0 Å². The van der Waals surface area contributed by atoms with E-state index < -0.39 is 0 Å². The van der Waals surface area contributed by atoms with Crippen molar-refractivity contribution in [1.29, 1.82) is 5.26 Å². The Morgan fingerprint density at radius 3 is 2.63 bits per heavy atom. The highest BCUT2D eigenvalue weighted by molar-refractivity contribution is 5.63. The first kappa shape index (κ1) is 13.7. The molecule has 1 aromatic carbocycles. The zero-order chi connectivity index (χ0) is 14.0. The summed E-state index contributed by atoms with van der Waals surface area (Å²) >= 11 is 0. The summed E-state index contributed by atoms with van der Waals surface area (Å²) in [4.78, 5) is 4.55. The molecule has 0 spiro atoms. The van der Waals surface area contributed by atoms with Crippen molar-refractivity contribution in [2.75, 3.05) is 39.2 Å². The summed E-state index contributed by atoms with van der Waals surface area (Å²) in [6.07, 6.45) is 0. The number of hydrogen-bond donors (Lipinski definition) is 0. The van der Waals surface area contributed by atoms with Gasteiger partial charge in [-0.25, -0.2) is 0 Å². The Labute approximate surface area is 115 Å². The van der Waals surface area contributed by atoms with Crippen LogP contribution in [0, 0.1) is 17.2 Å². The molecule has 4 heteroatoms. The minimum Gasteiger partial charge on any atom is -0.497 e. The van der Waals surface area contributed by atoms with Crippen molar-refractivity contribution < 1.29 is 4.74 Å². The third kappa shape index (κ3) is 2.66. The molecule has 1 saturated heterocycles. The maximum absolute atomic E-state index is 9.26. The Hall–Kier alpha value is -1.73. The monoisotopic (exact) mass is 259 g/mol. The average molecular weight is 259 g/mol. The van der Waals surface area contributed by atoms with Crippen molar-refractivity contribution in [2.24, 2.45) is 5.92 Å². The van der Waals surface area contributed by atoms with E-state index in [-0.39, 0.29) is 0 Å². The van der Waals surface area contributed by atoms with Gasteiger partial charge in [-0.15, -0.1) is 0 Å². The molecule has 1 heterocycles. The summed E-state index contributed by atoms with van der Waals surface area (Å²) in [7, 11) is 5.88. The van der Waals surface area contributed by atoms with Crippen LogP contribution in [0.25, 0.3) is 0 Å². The zero-order valence-electron chi connectivity index (χ0n) is 12.1. The molecule has 0 amide bonds. The van der Waals surface area contributed by atoms with Crippen LogP contribution >= 0.6 is 0 Å². The van der Waals surface area contributed by atoms with Gasteiger partial charge in [0.05, 0.1) is 18.4 Å². The van der Waals surface area contributed by atoms with Crippen molar-refractivity contribution in [2.45, 2.75) is 13.0 Å². The smallest absolute Gasteiger partial charge is 0.121 e. The number of anilines is 1. The second-order valence-corrected chi connectivity index (χ2v) is 5.41. The average Bonchev–Trinajstić information content (AvgIpc) is 2.80. The van der Waals surface area contributed by atoms with Crippen LogP contribution in [-0.4, -0.2) is 45.2 Å². The van der Waals surface area contributed by atoms with Crippen LogP contribution in [0.15, 0.2) is 18.2 Å². The van der Waals surface area contributed by atoms with E-state index in [0.717, 1.165) is 24.5 Å². The van der Waals surface area contributed by atoms with Gasteiger partial charge >= 0.3 is 0 Å². The standard InChI is InChI=1S/C15H21N3O/c1-11-9-18(10-15(11)17(2)3)14-7-13(19-4)6-5-12(14)8-16/h5-7,11,15H,9-10H2,1-4H3. The van der Waals surface area contributed by atoms with Crippen LogP contribution < -0.4 is 9.64 Å². The van der Waals surface area contributed by atoms with E-state index in [1.807, 2.05) is 18.2 Å². The zero-order valence-corrected chi connectivity index (χ0v) is 12.1. The van der Waals surface area contributed by atoms with E-state index in [9.17, 15) is 5.26 Å². The van der Waals surface area contributed by atoms with E-state index in [0.29, 0.717) is 17.5 Å². The lowest BCUT2D eigenvalue weighted by Crippen LogP contribution is -2.34. The number of nitriles is 1. The van der Waals surface area contributed by atoms with Crippen molar-refractivity contribution in [1.82, 2.24) is 4.90 Å². The van der Waals surface area contributed by atoms with E-state index in [4.69, 9.17) is 4.74 Å². The Morgan fingerprint density at radius 1 is 1.37 bits per heavy atom. The highest BCUT2D eigenvalue weighted by Crippen LogP contribution is 2.31. The van der Waals surface area contributed by atoms with Gasteiger partial charge in [-0.05, 0) is 32.1 Å². The fraction of sp³-hybridized carbons (Fsp3) is 0.533. The maximum Gasteiger partial charge on any atom is 0.121 e. The highest BCUT2D eigenvalue weighted by atomic mass is 16.5. The maximum atomic E-state index is 9.26. The summed E-state index contributed by atoms with van der Waals surface area (Å²) in [5.41, 5.74) is 1.70. The van der Waals surface area contributed by atoms with Gasteiger partial charge in [0.15, 0.2) is 0 Å². The number of methoxy groups -OCH3 is 1. The number of likely N-dealkylation sites (N-methyl/N-ethyl adjacent to an activating group) is 1. The van der Waals surface area contributed by atoms with E-state index in [1.165, 1.54) is 0 Å². The van der Waals surface area contributed by atoms with Crippen molar-refractivity contribution >= 4 is 5.69 Å². The third-order valence-electron chi connectivity index (χ3n) is 3.90. The van der Waals surface area contributed by atoms with Crippen LogP contribution in [0.2, 0.25) is 0 Å². The van der Waals surface area contributed by atoms with Gasteiger partial charge in [-0.1, -0.05) is 6.92 Å². The van der Waals surface area contributed by atoms with Gasteiger partial charge < -0.3 is 14.5 Å². The molecule has 1 aromatic rings. The molecule has 0 saturated carbocycles. The molecule has 2 atom stereocenters. The lowest BCUT2D eigenvalue weighted by Gasteiger charge is -2.23. The number of hydrogen-bond acceptors (Lipinski definition) is 4. The first-order valence-corrected chi connectivity index (χ1v) is 6.56. The summed E-state index contributed by atoms with van der Waals surface area (Å²) in [5.74, 6) is 1.39. The van der Waals surface area contributed by atoms with Crippen molar-refractivity contribution in [3.8, 4) is 11.8 Å². The lowest BCUT2D eigenvalue weighted by molar-refractivity contribution is 0.266. The van der Waals surface area contributed by atoms with Crippen LogP contribution in [-0.2, 0) is 0 Å². The molecule has 0 N–H and O–H groups in total. The first-order valence-electron chi connectivity index (χ1n) is 6.56. The molecular formula is C15H21N3O. The number of ether oxygens (including phenoxy) is 1. The minimum atomic E-state index is 0.526. The molecule has 2 rings (SSSR count). The quantitative estimate of drug-likeness (QED) is 0.832. The molecule has 0 aliphatic carbocycles. The Morgan fingerprint density at radius 2 is 2.11 bits per heavy atom. The largest absolute Gasteiger partial charge is 0.497 e. The molecule has 0 aromatic heterocycles. The van der Waals surface area contributed by atoms with E-state index in [2.05, 4.69) is 36.9 Å². The van der Waals surface area contributed by atoms with Crippen LogP contribution in [0.4, 0.5) is 5.69 Å². The molecule has 102 valence electrons. The van der Waals surface area contributed by atoms with Gasteiger partial charge in [-0.2, -0.15) is 5.26 Å². The second kappa shape index (κ2) is 5.50. The number of rotatable bonds is 3. The minimum absolute atomic E-state index is 0.526. The molecule has 2 unspecified atom stereocenters.